The van der Waals surface area contributed by atoms with Gasteiger partial charge in [0.2, 0.25) is 5.89 Å². The normalized spacial score (nSPS) is 11.2. The summed E-state index contributed by atoms with van der Waals surface area (Å²) in [7, 11) is 0. The van der Waals surface area contributed by atoms with Crippen molar-refractivity contribution in [3.8, 4) is 17.2 Å². The van der Waals surface area contributed by atoms with Crippen LogP contribution in [0.2, 0.25) is 5.02 Å². The number of aromatic hydroxyl groups is 1. The van der Waals surface area contributed by atoms with Crippen molar-refractivity contribution in [3.05, 3.63) is 87.9 Å². The molecule has 5 nitrogen and oxygen atoms in total. The molecule has 5 rings (SSSR count). The summed E-state index contributed by atoms with van der Waals surface area (Å²) < 4.78 is 6.64. The summed E-state index contributed by atoms with van der Waals surface area (Å²) in [5.41, 5.74) is 2.58. The first-order valence-electron chi connectivity index (χ1n) is 9.38. The molecule has 31 heavy (non-hydrogen) atoms. The minimum Gasteiger partial charge on any atom is -0.507 e. The first kappa shape index (κ1) is 19.6. The summed E-state index contributed by atoms with van der Waals surface area (Å²) in [4.78, 5) is 17.3. The van der Waals surface area contributed by atoms with Crippen LogP contribution >= 0.6 is 27.5 Å². The number of phenols is 1. The molecule has 0 saturated heterocycles. The average Bonchev–Trinajstić information content (AvgIpc) is 3.16. The third kappa shape index (κ3) is 3.65. The number of hydrogen-bond donors (Lipinski definition) is 2. The summed E-state index contributed by atoms with van der Waals surface area (Å²) in [5.74, 6) is -0.0602. The molecule has 1 amide bonds. The van der Waals surface area contributed by atoms with Crippen LogP contribution in [0.4, 0.5) is 5.69 Å². The molecule has 0 radical (unpaired) electrons. The van der Waals surface area contributed by atoms with E-state index in [1.165, 1.54) is 6.07 Å². The van der Waals surface area contributed by atoms with Gasteiger partial charge in [0.1, 0.15) is 11.3 Å². The van der Waals surface area contributed by atoms with Gasteiger partial charge in [0.15, 0.2) is 5.58 Å². The van der Waals surface area contributed by atoms with Gasteiger partial charge in [-0.1, -0.05) is 51.8 Å². The van der Waals surface area contributed by atoms with Gasteiger partial charge in [-0.05, 0) is 53.2 Å². The summed E-state index contributed by atoms with van der Waals surface area (Å²) in [6.07, 6.45) is 0. The predicted molar refractivity (Wildman–Crippen MR) is 126 cm³/mol. The van der Waals surface area contributed by atoms with Crippen LogP contribution in [0.1, 0.15) is 10.4 Å². The van der Waals surface area contributed by atoms with Crippen molar-refractivity contribution in [1.29, 1.82) is 0 Å². The number of hydrogen-bond acceptors (Lipinski definition) is 4. The molecule has 1 aromatic heterocycles. The van der Waals surface area contributed by atoms with Crippen LogP contribution in [-0.4, -0.2) is 16.0 Å². The Morgan fingerprint density at radius 1 is 1.00 bits per heavy atom. The molecular formula is C24H14BrClN2O3. The lowest BCUT2D eigenvalue weighted by Crippen LogP contribution is -2.12. The van der Waals surface area contributed by atoms with Crippen LogP contribution in [0.15, 0.2) is 81.7 Å². The van der Waals surface area contributed by atoms with E-state index in [9.17, 15) is 9.90 Å². The minimum atomic E-state index is -0.271. The van der Waals surface area contributed by atoms with Gasteiger partial charge in [-0.25, -0.2) is 4.98 Å². The molecule has 1 heterocycles. The molecule has 0 atom stereocenters. The molecule has 4 aromatic carbocycles. The number of oxazole rings is 1. The highest BCUT2D eigenvalue weighted by Crippen LogP contribution is 2.34. The van der Waals surface area contributed by atoms with E-state index in [-0.39, 0.29) is 17.5 Å². The number of carbonyl (C=O) groups is 1. The van der Waals surface area contributed by atoms with E-state index in [1.807, 2.05) is 30.3 Å². The van der Waals surface area contributed by atoms with Crippen LogP contribution in [0.3, 0.4) is 0 Å². The number of aromatic nitrogens is 1. The van der Waals surface area contributed by atoms with E-state index in [0.717, 1.165) is 15.2 Å². The Bertz CT molecular complexity index is 1480. The second-order valence-corrected chi connectivity index (χ2v) is 8.25. The van der Waals surface area contributed by atoms with E-state index >= 15 is 0 Å². The van der Waals surface area contributed by atoms with Crippen molar-refractivity contribution < 1.29 is 14.3 Å². The second kappa shape index (κ2) is 7.72. The topological polar surface area (TPSA) is 75.4 Å². The largest absolute Gasteiger partial charge is 0.507 e. The lowest BCUT2D eigenvalue weighted by molar-refractivity contribution is 0.102. The van der Waals surface area contributed by atoms with E-state index < -0.39 is 0 Å². The Morgan fingerprint density at radius 3 is 2.65 bits per heavy atom. The summed E-state index contributed by atoms with van der Waals surface area (Å²) in [6.45, 7) is 0. The highest BCUT2D eigenvalue weighted by atomic mass is 79.9. The fraction of sp³-hybridized carbons (Fsp3) is 0. The Labute approximate surface area is 190 Å². The van der Waals surface area contributed by atoms with Crippen molar-refractivity contribution in [2.24, 2.45) is 0 Å². The zero-order valence-corrected chi connectivity index (χ0v) is 18.2. The van der Waals surface area contributed by atoms with E-state index in [2.05, 4.69) is 26.2 Å². The van der Waals surface area contributed by atoms with E-state index in [4.69, 9.17) is 16.0 Å². The first-order chi connectivity index (χ1) is 15.0. The molecule has 0 aliphatic rings. The van der Waals surface area contributed by atoms with Crippen LogP contribution in [0, 0.1) is 0 Å². The van der Waals surface area contributed by atoms with Gasteiger partial charge < -0.3 is 14.8 Å². The molecule has 152 valence electrons. The summed E-state index contributed by atoms with van der Waals surface area (Å²) in [6, 6.07) is 21.2. The smallest absolute Gasteiger partial charge is 0.256 e. The van der Waals surface area contributed by atoms with Crippen LogP contribution in [0.5, 0.6) is 5.75 Å². The van der Waals surface area contributed by atoms with Gasteiger partial charge in [-0.15, -0.1) is 0 Å². The number of benzene rings is 4. The third-order valence-corrected chi connectivity index (χ3v) is 5.88. The number of carbonyl (C=O) groups excluding carboxylic acids is 1. The van der Waals surface area contributed by atoms with Crippen molar-refractivity contribution in [2.75, 3.05) is 5.32 Å². The molecule has 0 bridgehead atoms. The molecule has 0 fully saturated rings. The number of nitrogens with one attached hydrogen (secondary N) is 1. The Morgan fingerprint density at radius 2 is 1.81 bits per heavy atom. The monoisotopic (exact) mass is 492 g/mol. The molecule has 0 aliphatic heterocycles. The van der Waals surface area contributed by atoms with E-state index in [0.29, 0.717) is 32.9 Å². The fourth-order valence-electron chi connectivity index (χ4n) is 3.47. The number of halogens is 2. The van der Waals surface area contributed by atoms with Gasteiger partial charge in [0.25, 0.3) is 5.91 Å². The Kier molecular flexibility index (Phi) is 4.88. The molecule has 2 N–H and O–H groups in total. The summed E-state index contributed by atoms with van der Waals surface area (Å²) in [5, 5.41) is 15.7. The average molecular weight is 494 g/mol. The second-order valence-electron chi connectivity index (χ2n) is 6.96. The van der Waals surface area contributed by atoms with Gasteiger partial charge in [-0.2, -0.15) is 0 Å². The standard InChI is InChI=1S/C24H14BrClN2O3/c25-19-6-2-3-15-16(19)4-1-5-17(15)23(30)27-14-8-9-18(21(29)12-14)24-28-20-11-13(26)7-10-22(20)31-24/h1-12,29H,(H,27,30). The van der Waals surface area contributed by atoms with E-state index in [1.54, 1.807) is 36.4 Å². The number of nitrogens with zero attached hydrogens (tertiary/aromatic N) is 1. The maximum absolute atomic E-state index is 12.9. The maximum Gasteiger partial charge on any atom is 0.256 e. The highest BCUT2D eigenvalue weighted by molar-refractivity contribution is 9.10. The van der Waals surface area contributed by atoms with Crippen molar-refractivity contribution in [2.45, 2.75) is 0 Å². The number of fused-ring (bicyclic) bond motifs is 2. The number of anilines is 1. The Balaban J connectivity index is 1.45. The molecule has 0 unspecified atom stereocenters. The fourth-order valence-corrected chi connectivity index (χ4v) is 4.14. The number of rotatable bonds is 3. The highest BCUT2D eigenvalue weighted by Gasteiger charge is 2.15. The lowest BCUT2D eigenvalue weighted by Gasteiger charge is -2.10. The SMILES string of the molecule is O=C(Nc1ccc(-c2nc3cc(Cl)ccc3o2)c(O)c1)c1cccc2c(Br)cccc12. The van der Waals surface area contributed by atoms with Gasteiger partial charge in [-0.3, -0.25) is 4.79 Å². The zero-order valence-electron chi connectivity index (χ0n) is 15.9. The van der Waals surface area contributed by atoms with Gasteiger partial charge in [0, 0.05) is 26.8 Å². The molecule has 0 spiro atoms. The van der Waals surface area contributed by atoms with Crippen LogP contribution in [0.25, 0.3) is 33.3 Å². The predicted octanol–water partition coefficient (Wildman–Crippen LogP) is 7.02. The maximum atomic E-state index is 12.9. The summed E-state index contributed by atoms with van der Waals surface area (Å²) >= 11 is 9.51. The third-order valence-electron chi connectivity index (χ3n) is 4.95. The molecular weight excluding hydrogens is 480 g/mol. The minimum absolute atomic E-state index is 0.0592. The van der Waals surface area contributed by atoms with Crippen LogP contribution < -0.4 is 5.32 Å². The van der Waals surface area contributed by atoms with Gasteiger partial charge >= 0.3 is 0 Å². The number of amides is 1. The molecule has 0 saturated carbocycles. The van der Waals surface area contributed by atoms with Crippen molar-refractivity contribution >= 4 is 61.0 Å². The number of phenolic OH excluding ortho intramolecular Hbond substituents is 1. The first-order valence-corrected chi connectivity index (χ1v) is 10.5. The Hall–Kier alpha value is -3.35. The lowest BCUT2D eigenvalue weighted by atomic mass is 10.0. The molecule has 5 aromatic rings. The molecule has 7 heteroatoms. The zero-order chi connectivity index (χ0) is 21.5. The van der Waals surface area contributed by atoms with Crippen LogP contribution in [-0.2, 0) is 0 Å². The van der Waals surface area contributed by atoms with Crippen molar-refractivity contribution in [3.63, 3.8) is 0 Å². The quantitative estimate of drug-likeness (QED) is 0.283. The molecule has 0 aliphatic carbocycles. The van der Waals surface area contributed by atoms with Gasteiger partial charge in [0.05, 0.1) is 5.56 Å². The van der Waals surface area contributed by atoms with Crippen molar-refractivity contribution in [1.82, 2.24) is 4.98 Å².